The fourth-order valence-corrected chi connectivity index (χ4v) is 3.26. The normalized spacial score (nSPS) is 12.6. The molecule has 23 heavy (non-hydrogen) atoms. The summed E-state index contributed by atoms with van der Waals surface area (Å²) >= 11 is 1.69. The number of carbonyl (C=O) groups excluding carboxylic acids is 1. The van der Waals surface area contributed by atoms with Gasteiger partial charge in [0.1, 0.15) is 0 Å². The Morgan fingerprint density at radius 2 is 1.91 bits per heavy atom. The molecule has 0 spiro atoms. The van der Waals surface area contributed by atoms with Crippen molar-refractivity contribution in [2.24, 2.45) is 0 Å². The lowest BCUT2D eigenvalue weighted by Gasteiger charge is -2.08. The van der Waals surface area contributed by atoms with Crippen molar-refractivity contribution in [3.8, 4) is 0 Å². The first kappa shape index (κ1) is 15.4. The highest BCUT2D eigenvalue weighted by Gasteiger charge is 2.11. The molecule has 1 N–H and O–H groups in total. The molecule has 0 saturated carbocycles. The van der Waals surface area contributed by atoms with Gasteiger partial charge in [-0.3, -0.25) is 4.79 Å². The van der Waals surface area contributed by atoms with E-state index in [0.717, 1.165) is 16.1 Å². The van der Waals surface area contributed by atoms with Crippen LogP contribution in [0.4, 0.5) is 0 Å². The van der Waals surface area contributed by atoms with E-state index in [4.69, 9.17) is 0 Å². The number of carbonyl (C=O) groups is 1. The molecule has 2 aromatic carbocycles. The highest BCUT2D eigenvalue weighted by molar-refractivity contribution is 7.18. The average molecular weight is 322 g/mol. The minimum atomic E-state index is -0.0817. The molecular weight excluding hydrogens is 304 g/mol. The molecule has 0 unspecified atom stereocenters. The zero-order valence-electron chi connectivity index (χ0n) is 12.9. The van der Waals surface area contributed by atoms with E-state index in [1.165, 1.54) is 4.70 Å². The van der Waals surface area contributed by atoms with Gasteiger partial charge in [0.25, 0.3) is 0 Å². The van der Waals surface area contributed by atoms with Crippen molar-refractivity contribution in [2.75, 3.05) is 6.54 Å². The van der Waals surface area contributed by atoms with Gasteiger partial charge in [-0.25, -0.2) is 4.98 Å². The van der Waals surface area contributed by atoms with Gasteiger partial charge in [0.15, 0.2) is 0 Å². The monoisotopic (exact) mass is 322 g/mol. The zero-order chi connectivity index (χ0) is 16.1. The van der Waals surface area contributed by atoms with Gasteiger partial charge in [-0.2, -0.15) is 0 Å². The quantitative estimate of drug-likeness (QED) is 0.714. The lowest BCUT2D eigenvalue weighted by molar-refractivity contribution is -0.116. The van der Waals surface area contributed by atoms with Crippen molar-refractivity contribution < 1.29 is 4.79 Å². The maximum atomic E-state index is 11.9. The van der Waals surface area contributed by atoms with Crippen LogP contribution in [0.2, 0.25) is 0 Å². The van der Waals surface area contributed by atoms with Crippen molar-refractivity contribution in [3.05, 3.63) is 71.2 Å². The molecule has 0 aliphatic rings. The standard InChI is InChI=1S/C19H18N2OS/c1-14(19-21-16-9-5-6-10-17(16)23-19)13-20-18(22)12-11-15-7-3-2-4-8-15/h2-12,14H,13H2,1H3,(H,20,22)/b12-11-/t14-/m0/s1. The van der Waals surface area contributed by atoms with Crippen molar-refractivity contribution in [1.82, 2.24) is 10.3 Å². The average Bonchev–Trinajstić information content (AvgIpc) is 3.03. The van der Waals surface area contributed by atoms with Gasteiger partial charge in [0.2, 0.25) is 5.91 Å². The van der Waals surface area contributed by atoms with Crippen LogP contribution in [0.15, 0.2) is 60.7 Å². The zero-order valence-corrected chi connectivity index (χ0v) is 13.7. The summed E-state index contributed by atoms with van der Waals surface area (Å²) in [6.07, 6.45) is 3.39. The highest BCUT2D eigenvalue weighted by atomic mass is 32.1. The topological polar surface area (TPSA) is 42.0 Å². The fraction of sp³-hybridized carbons (Fsp3) is 0.158. The maximum Gasteiger partial charge on any atom is 0.244 e. The molecule has 0 fully saturated rings. The van der Waals surface area contributed by atoms with Crippen LogP contribution in [0.25, 0.3) is 16.3 Å². The molecular formula is C19H18N2OS. The van der Waals surface area contributed by atoms with Gasteiger partial charge >= 0.3 is 0 Å². The minimum absolute atomic E-state index is 0.0817. The molecule has 1 atom stereocenters. The van der Waals surface area contributed by atoms with Crippen molar-refractivity contribution in [3.63, 3.8) is 0 Å². The lowest BCUT2D eigenvalue weighted by atomic mass is 10.2. The Morgan fingerprint density at radius 1 is 1.17 bits per heavy atom. The number of nitrogens with zero attached hydrogens (tertiary/aromatic N) is 1. The highest BCUT2D eigenvalue weighted by Crippen LogP contribution is 2.26. The Morgan fingerprint density at radius 3 is 2.70 bits per heavy atom. The second-order valence-electron chi connectivity index (χ2n) is 5.41. The minimum Gasteiger partial charge on any atom is -0.352 e. The van der Waals surface area contributed by atoms with Crippen LogP contribution in [0.3, 0.4) is 0 Å². The Balaban J connectivity index is 1.57. The fourth-order valence-electron chi connectivity index (χ4n) is 2.24. The number of thiazole rings is 1. The molecule has 0 aliphatic heterocycles. The predicted molar refractivity (Wildman–Crippen MR) is 96.5 cm³/mol. The van der Waals surface area contributed by atoms with Crippen LogP contribution < -0.4 is 5.32 Å². The maximum absolute atomic E-state index is 11.9. The summed E-state index contributed by atoms with van der Waals surface area (Å²) in [5, 5.41) is 3.99. The number of fused-ring (bicyclic) bond motifs is 1. The Hall–Kier alpha value is -2.46. The van der Waals surface area contributed by atoms with E-state index < -0.39 is 0 Å². The van der Waals surface area contributed by atoms with Gasteiger partial charge in [-0.05, 0) is 23.8 Å². The third kappa shape index (κ3) is 4.05. The number of hydrogen-bond donors (Lipinski definition) is 1. The predicted octanol–water partition coefficient (Wildman–Crippen LogP) is 4.23. The van der Waals surface area contributed by atoms with Crippen molar-refractivity contribution in [2.45, 2.75) is 12.8 Å². The molecule has 3 rings (SSSR count). The molecule has 0 aliphatic carbocycles. The Kier molecular flexibility index (Phi) is 4.83. The van der Waals surface area contributed by atoms with E-state index in [0.29, 0.717) is 6.54 Å². The van der Waals surface area contributed by atoms with Crippen LogP contribution in [0.5, 0.6) is 0 Å². The summed E-state index contributed by atoms with van der Waals surface area (Å²) in [7, 11) is 0. The third-order valence-corrected chi connectivity index (χ3v) is 4.81. The largest absolute Gasteiger partial charge is 0.352 e. The molecule has 1 aromatic heterocycles. The summed E-state index contributed by atoms with van der Waals surface area (Å²) in [5.41, 5.74) is 2.04. The van der Waals surface area contributed by atoms with Crippen LogP contribution >= 0.6 is 11.3 Å². The van der Waals surface area contributed by atoms with Gasteiger partial charge in [-0.1, -0.05) is 49.4 Å². The number of para-hydroxylation sites is 1. The SMILES string of the molecule is C[C@@H](CNC(=O)/C=C\c1ccccc1)c1nc2ccccc2s1. The summed E-state index contributed by atoms with van der Waals surface area (Å²) in [6, 6.07) is 17.9. The Labute approximate surface area is 139 Å². The van der Waals surface area contributed by atoms with E-state index in [1.54, 1.807) is 17.4 Å². The third-order valence-electron chi connectivity index (χ3n) is 3.54. The van der Waals surface area contributed by atoms with Gasteiger partial charge in [-0.15, -0.1) is 11.3 Å². The van der Waals surface area contributed by atoms with E-state index in [9.17, 15) is 4.79 Å². The van der Waals surface area contributed by atoms with E-state index in [-0.39, 0.29) is 11.8 Å². The first-order valence-electron chi connectivity index (χ1n) is 7.59. The molecule has 0 saturated heterocycles. The molecule has 116 valence electrons. The summed E-state index contributed by atoms with van der Waals surface area (Å²) in [4.78, 5) is 16.5. The lowest BCUT2D eigenvalue weighted by Crippen LogP contribution is -2.25. The molecule has 1 heterocycles. The van der Waals surface area contributed by atoms with E-state index in [2.05, 4.69) is 23.3 Å². The van der Waals surface area contributed by atoms with Gasteiger partial charge in [0, 0.05) is 18.5 Å². The molecule has 0 radical (unpaired) electrons. The summed E-state index contributed by atoms with van der Waals surface area (Å²) in [6.45, 7) is 2.66. The molecule has 3 nitrogen and oxygen atoms in total. The number of amides is 1. The van der Waals surface area contributed by atoms with Crippen molar-refractivity contribution >= 4 is 33.5 Å². The van der Waals surface area contributed by atoms with Crippen LogP contribution in [-0.2, 0) is 4.79 Å². The number of rotatable bonds is 5. The number of benzene rings is 2. The van der Waals surface area contributed by atoms with Crippen LogP contribution in [0.1, 0.15) is 23.4 Å². The Bertz CT molecular complexity index is 791. The second kappa shape index (κ2) is 7.20. The number of hydrogen-bond acceptors (Lipinski definition) is 3. The van der Waals surface area contributed by atoms with Gasteiger partial charge in [0.05, 0.1) is 15.2 Å². The van der Waals surface area contributed by atoms with Crippen LogP contribution in [-0.4, -0.2) is 17.4 Å². The molecule has 3 aromatic rings. The van der Waals surface area contributed by atoms with Gasteiger partial charge < -0.3 is 5.32 Å². The first-order chi connectivity index (χ1) is 11.2. The van der Waals surface area contributed by atoms with E-state index >= 15 is 0 Å². The first-order valence-corrected chi connectivity index (χ1v) is 8.40. The molecule has 4 heteroatoms. The summed E-state index contributed by atoms with van der Waals surface area (Å²) < 4.78 is 1.18. The summed E-state index contributed by atoms with van der Waals surface area (Å²) in [5.74, 6) is 0.114. The number of aromatic nitrogens is 1. The number of nitrogens with one attached hydrogen (secondary N) is 1. The molecule has 1 amide bonds. The smallest absolute Gasteiger partial charge is 0.244 e. The molecule has 0 bridgehead atoms. The second-order valence-corrected chi connectivity index (χ2v) is 6.47. The van der Waals surface area contributed by atoms with Crippen molar-refractivity contribution in [1.29, 1.82) is 0 Å². The van der Waals surface area contributed by atoms with E-state index in [1.807, 2.05) is 54.6 Å². The van der Waals surface area contributed by atoms with Crippen LogP contribution in [0, 0.1) is 0 Å².